The van der Waals surface area contributed by atoms with Crippen molar-refractivity contribution in [1.29, 1.82) is 0 Å². The summed E-state index contributed by atoms with van der Waals surface area (Å²) in [6.07, 6.45) is 2.48. The number of aliphatic carboxylic acids is 1. The van der Waals surface area contributed by atoms with Crippen LogP contribution in [-0.4, -0.2) is 11.1 Å². The molecule has 3 rings (SSSR count). The van der Waals surface area contributed by atoms with E-state index in [9.17, 15) is 9.90 Å². The van der Waals surface area contributed by atoms with Gasteiger partial charge in [0.25, 0.3) is 0 Å². The average molecular weight is 351 g/mol. The maximum Gasteiger partial charge on any atom is 0.328 e. The Labute approximate surface area is 156 Å². The number of carboxylic acid groups (broad SMARTS) is 1. The predicted octanol–water partition coefficient (Wildman–Crippen LogP) is 4.52. The zero-order chi connectivity index (χ0) is 19.2. The number of benzene rings is 2. The summed E-state index contributed by atoms with van der Waals surface area (Å²) < 4.78 is 0. The van der Waals surface area contributed by atoms with Crippen LogP contribution in [0.15, 0.2) is 48.5 Å². The molecule has 2 aromatic rings. The summed E-state index contributed by atoms with van der Waals surface area (Å²) in [4.78, 5) is 12.2. The predicted molar refractivity (Wildman–Crippen MR) is 105 cm³/mol. The Morgan fingerprint density at radius 3 is 2.15 bits per heavy atom. The van der Waals surface area contributed by atoms with Crippen molar-refractivity contribution in [3.05, 3.63) is 70.8 Å². The minimum atomic E-state index is -1.44. The molecule has 138 valence electrons. The molecule has 0 aromatic heterocycles. The standard InChI is InChI=1S/C23H29NO2/c1-21(2)12-13-22(3,4)19-14-17(10-11-18(19)21)23(24,20(25)26)15-16-8-6-5-7-9-16/h5-11,14H,12-13,15,24H2,1-4H3,(H,25,26). The second-order valence-electron chi connectivity index (χ2n) is 8.97. The monoisotopic (exact) mass is 351 g/mol. The van der Waals surface area contributed by atoms with Crippen LogP contribution in [0.3, 0.4) is 0 Å². The quantitative estimate of drug-likeness (QED) is 0.851. The highest BCUT2D eigenvalue weighted by atomic mass is 16.4. The van der Waals surface area contributed by atoms with Gasteiger partial charge in [-0.1, -0.05) is 76.2 Å². The van der Waals surface area contributed by atoms with Crippen molar-refractivity contribution in [1.82, 2.24) is 0 Å². The molecule has 0 spiro atoms. The van der Waals surface area contributed by atoms with Gasteiger partial charge in [0.15, 0.2) is 0 Å². The first kappa shape index (κ1) is 18.7. The molecule has 26 heavy (non-hydrogen) atoms. The van der Waals surface area contributed by atoms with Crippen LogP contribution in [0.1, 0.15) is 62.8 Å². The first-order valence-electron chi connectivity index (χ1n) is 9.28. The SMILES string of the molecule is CC1(C)CCC(C)(C)c2cc(C(N)(Cc3ccccc3)C(=O)O)ccc21. The molecule has 0 aliphatic heterocycles. The van der Waals surface area contributed by atoms with Gasteiger partial charge in [-0.3, -0.25) is 0 Å². The molecule has 0 radical (unpaired) electrons. The summed E-state index contributed by atoms with van der Waals surface area (Å²) in [5.41, 5.74) is 9.32. The third kappa shape index (κ3) is 3.16. The Hall–Kier alpha value is -2.13. The lowest BCUT2D eigenvalue weighted by Gasteiger charge is -2.42. The van der Waals surface area contributed by atoms with E-state index in [1.54, 1.807) is 0 Å². The van der Waals surface area contributed by atoms with E-state index in [4.69, 9.17) is 5.73 Å². The molecular weight excluding hydrogens is 322 g/mol. The zero-order valence-electron chi connectivity index (χ0n) is 16.2. The van der Waals surface area contributed by atoms with Crippen molar-refractivity contribution in [3.63, 3.8) is 0 Å². The van der Waals surface area contributed by atoms with Gasteiger partial charge >= 0.3 is 5.97 Å². The second-order valence-corrected chi connectivity index (χ2v) is 8.97. The number of fused-ring (bicyclic) bond motifs is 1. The van der Waals surface area contributed by atoms with Crippen LogP contribution in [0, 0.1) is 0 Å². The van der Waals surface area contributed by atoms with Gasteiger partial charge in [-0.15, -0.1) is 0 Å². The van der Waals surface area contributed by atoms with Crippen molar-refractivity contribution in [2.75, 3.05) is 0 Å². The number of nitrogens with two attached hydrogens (primary N) is 1. The van der Waals surface area contributed by atoms with Gasteiger partial charge in [-0.2, -0.15) is 0 Å². The molecule has 1 unspecified atom stereocenters. The third-order valence-electron chi connectivity index (χ3n) is 6.08. The number of carbonyl (C=O) groups is 1. The lowest BCUT2D eigenvalue weighted by atomic mass is 9.62. The largest absolute Gasteiger partial charge is 0.480 e. The van der Waals surface area contributed by atoms with Gasteiger partial charge in [-0.05, 0) is 45.9 Å². The van der Waals surface area contributed by atoms with Gasteiger partial charge in [0.05, 0.1) is 0 Å². The molecule has 0 fully saturated rings. The molecule has 2 aromatic carbocycles. The fourth-order valence-electron chi connectivity index (χ4n) is 4.09. The van der Waals surface area contributed by atoms with E-state index in [-0.39, 0.29) is 17.3 Å². The van der Waals surface area contributed by atoms with Crippen LogP contribution in [-0.2, 0) is 27.6 Å². The van der Waals surface area contributed by atoms with Crippen molar-refractivity contribution in [2.24, 2.45) is 5.73 Å². The van der Waals surface area contributed by atoms with E-state index >= 15 is 0 Å². The molecule has 3 N–H and O–H groups in total. The molecule has 3 heteroatoms. The number of hydrogen-bond donors (Lipinski definition) is 2. The molecule has 1 atom stereocenters. The first-order valence-corrected chi connectivity index (χ1v) is 9.28. The van der Waals surface area contributed by atoms with Crippen molar-refractivity contribution < 1.29 is 9.90 Å². The molecule has 0 heterocycles. The Bertz CT molecular complexity index is 823. The number of hydrogen-bond acceptors (Lipinski definition) is 2. The van der Waals surface area contributed by atoms with E-state index in [2.05, 4.69) is 33.8 Å². The van der Waals surface area contributed by atoms with Crippen LogP contribution >= 0.6 is 0 Å². The zero-order valence-corrected chi connectivity index (χ0v) is 16.2. The van der Waals surface area contributed by atoms with E-state index in [0.717, 1.165) is 18.4 Å². The smallest absolute Gasteiger partial charge is 0.328 e. The summed E-state index contributed by atoms with van der Waals surface area (Å²) in [5.74, 6) is -0.992. The lowest BCUT2D eigenvalue weighted by molar-refractivity contribution is -0.143. The topological polar surface area (TPSA) is 63.3 Å². The van der Waals surface area contributed by atoms with Crippen molar-refractivity contribution in [3.8, 4) is 0 Å². The number of rotatable bonds is 4. The molecule has 0 amide bonds. The molecule has 0 saturated carbocycles. The highest BCUT2D eigenvalue weighted by Gasteiger charge is 2.41. The van der Waals surface area contributed by atoms with Crippen LogP contribution < -0.4 is 5.73 Å². The average Bonchev–Trinajstić information content (AvgIpc) is 2.59. The summed E-state index contributed by atoms with van der Waals surface area (Å²) in [5, 5.41) is 9.96. The van der Waals surface area contributed by atoms with E-state index < -0.39 is 11.5 Å². The van der Waals surface area contributed by atoms with Crippen LogP contribution in [0.2, 0.25) is 0 Å². The first-order chi connectivity index (χ1) is 12.1. The Balaban J connectivity index is 2.11. The van der Waals surface area contributed by atoms with Gasteiger partial charge < -0.3 is 10.8 Å². The molecule has 0 bridgehead atoms. The molecule has 3 nitrogen and oxygen atoms in total. The minimum absolute atomic E-state index is 0.0209. The van der Waals surface area contributed by atoms with Crippen LogP contribution in [0.5, 0.6) is 0 Å². The third-order valence-corrected chi connectivity index (χ3v) is 6.08. The minimum Gasteiger partial charge on any atom is -0.480 e. The van der Waals surface area contributed by atoms with E-state index in [0.29, 0.717) is 5.56 Å². The molecule has 1 aliphatic rings. The van der Waals surface area contributed by atoms with Gasteiger partial charge in [0, 0.05) is 6.42 Å². The van der Waals surface area contributed by atoms with Gasteiger partial charge in [0.2, 0.25) is 0 Å². The Kier molecular flexibility index (Phi) is 4.48. The van der Waals surface area contributed by atoms with E-state index in [1.165, 1.54) is 11.1 Å². The van der Waals surface area contributed by atoms with Crippen molar-refractivity contribution in [2.45, 2.75) is 63.3 Å². The van der Waals surface area contributed by atoms with Crippen LogP contribution in [0.25, 0.3) is 0 Å². The normalized spacial score (nSPS) is 20.0. The summed E-state index contributed by atoms with van der Waals surface area (Å²) in [7, 11) is 0. The fourth-order valence-corrected chi connectivity index (χ4v) is 4.09. The Morgan fingerprint density at radius 1 is 1.00 bits per heavy atom. The van der Waals surface area contributed by atoms with E-state index in [1.807, 2.05) is 42.5 Å². The molecular formula is C23H29NO2. The lowest BCUT2D eigenvalue weighted by Crippen LogP contribution is -2.47. The Morgan fingerprint density at radius 2 is 1.58 bits per heavy atom. The van der Waals surface area contributed by atoms with Gasteiger partial charge in [-0.25, -0.2) is 4.79 Å². The summed E-state index contributed by atoms with van der Waals surface area (Å²) >= 11 is 0. The maximum absolute atomic E-state index is 12.2. The second kappa shape index (κ2) is 6.24. The van der Waals surface area contributed by atoms with Gasteiger partial charge in [0.1, 0.15) is 5.54 Å². The fraction of sp³-hybridized carbons (Fsp3) is 0.435. The summed E-state index contributed by atoms with van der Waals surface area (Å²) in [6.45, 7) is 9.00. The van der Waals surface area contributed by atoms with Crippen molar-refractivity contribution >= 4 is 5.97 Å². The maximum atomic E-state index is 12.2. The molecule has 0 saturated heterocycles. The summed E-state index contributed by atoms with van der Waals surface area (Å²) in [6, 6.07) is 15.7. The number of carboxylic acids is 1. The highest BCUT2D eigenvalue weighted by molar-refractivity contribution is 5.81. The highest BCUT2D eigenvalue weighted by Crippen LogP contribution is 2.46. The molecule has 1 aliphatic carbocycles. The van der Waals surface area contributed by atoms with Crippen LogP contribution in [0.4, 0.5) is 0 Å².